The Morgan fingerprint density at radius 1 is 0.565 bits per heavy atom. The molecule has 23 heavy (non-hydrogen) atoms. The van der Waals surface area contributed by atoms with Crippen molar-refractivity contribution in [2.24, 2.45) is 20.5 Å². The van der Waals surface area contributed by atoms with Gasteiger partial charge in [-0.3, -0.25) is 0 Å². The van der Waals surface area contributed by atoms with Crippen molar-refractivity contribution >= 4 is 22.7 Å². The fourth-order valence-corrected chi connectivity index (χ4v) is 2.81. The minimum absolute atomic E-state index is 0.593. The van der Waals surface area contributed by atoms with Gasteiger partial charge in [-0.2, -0.15) is 20.5 Å². The minimum Gasteiger partial charge on any atom is -0.183 e. The SMILES string of the molecule is c1ccc(N=NCc2ccc(CN=Nc3ccccc3)s2)cc1. The van der Waals surface area contributed by atoms with Crippen LogP contribution >= 0.6 is 11.3 Å². The highest BCUT2D eigenvalue weighted by molar-refractivity contribution is 7.11. The van der Waals surface area contributed by atoms with Crippen molar-refractivity contribution in [2.45, 2.75) is 13.1 Å². The Balaban J connectivity index is 1.52. The van der Waals surface area contributed by atoms with Gasteiger partial charge in [0.05, 0.1) is 24.5 Å². The Hall–Kier alpha value is -2.66. The number of hydrogen-bond acceptors (Lipinski definition) is 5. The van der Waals surface area contributed by atoms with Crippen LogP contribution in [0.2, 0.25) is 0 Å². The first-order chi connectivity index (χ1) is 11.4. The van der Waals surface area contributed by atoms with Crippen molar-refractivity contribution in [1.82, 2.24) is 0 Å². The predicted molar refractivity (Wildman–Crippen MR) is 93.6 cm³/mol. The Morgan fingerprint density at radius 3 is 1.43 bits per heavy atom. The molecule has 5 heteroatoms. The lowest BCUT2D eigenvalue weighted by Gasteiger charge is -1.91. The Kier molecular flexibility index (Phi) is 5.37. The summed E-state index contributed by atoms with van der Waals surface area (Å²) in [6, 6.07) is 23.6. The Morgan fingerprint density at radius 2 is 1.00 bits per heavy atom. The van der Waals surface area contributed by atoms with Crippen molar-refractivity contribution < 1.29 is 0 Å². The molecule has 0 atom stereocenters. The molecule has 0 unspecified atom stereocenters. The normalized spacial score (nSPS) is 11.5. The smallest absolute Gasteiger partial charge is 0.0946 e. The fourth-order valence-electron chi connectivity index (χ4n) is 1.95. The van der Waals surface area contributed by atoms with E-state index in [4.69, 9.17) is 0 Å². The van der Waals surface area contributed by atoms with E-state index in [0.29, 0.717) is 13.1 Å². The fraction of sp³-hybridized carbons (Fsp3) is 0.111. The van der Waals surface area contributed by atoms with Crippen LogP contribution in [0, 0.1) is 0 Å². The number of rotatable bonds is 6. The first-order valence-corrected chi connectivity index (χ1v) is 8.14. The van der Waals surface area contributed by atoms with Crippen molar-refractivity contribution in [3.05, 3.63) is 82.6 Å². The van der Waals surface area contributed by atoms with Gasteiger partial charge < -0.3 is 0 Å². The molecule has 3 rings (SSSR count). The molecule has 0 spiro atoms. The topological polar surface area (TPSA) is 49.4 Å². The van der Waals surface area contributed by atoms with E-state index in [0.717, 1.165) is 11.4 Å². The number of benzene rings is 2. The molecule has 3 aromatic rings. The summed E-state index contributed by atoms with van der Waals surface area (Å²) in [6.07, 6.45) is 0. The molecule has 0 N–H and O–H groups in total. The maximum Gasteiger partial charge on any atom is 0.0946 e. The highest BCUT2D eigenvalue weighted by Crippen LogP contribution is 2.20. The predicted octanol–water partition coefficient (Wildman–Crippen LogP) is 6.32. The van der Waals surface area contributed by atoms with Gasteiger partial charge in [0.25, 0.3) is 0 Å². The van der Waals surface area contributed by atoms with E-state index in [1.165, 1.54) is 9.75 Å². The van der Waals surface area contributed by atoms with Gasteiger partial charge in [-0.1, -0.05) is 36.4 Å². The number of hydrogen-bond donors (Lipinski definition) is 0. The number of azo groups is 2. The van der Waals surface area contributed by atoms with E-state index >= 15 is 0 Å². The van der Waals surface area contributed by atoms with E-state index in [-0.39, 0.29) is 0 Å². The first kappa shape index (κ1) is 15.2. The van der Waals surface area contributed by atoms with E-state index in [9.17, 15) is 0 Å². The van der Waals surface area contributed by atoms with Crippen molar-refractivity contribution in [2.75, 3.05) is 0 Å². The standard InChI is InChI=1S/C18H16N4S/c1-3-7-15(8-4-1)21-19-13-17-11-12-18(23-17)14-20-22-16-9-5-2-6-10-16/h1-12H,13-14H2. The van der Waals surface area contributed by atoms with Gasteiger partial charge in [-0.15, -0.1) is 11.3 Å². The lowest BCUT2D eigenvalue weighted by Crippen LogP contribution is -1.72. The van der Waals surface area contributed by atoms with Crippen LogP contribution in [0.3, 0.4) is 0 Å². The summed E-state index contributed by atoms with van der Waals surface area (Å²) in [5.74, 6) is 0. The van der Waals surface area contributed by atoms with E-state index in [2.05, 4.69) is 32.6 Å². The molecule has 0 fully saturated rings. The van der Waals surface area contributed by atoms with Crippen LogP contribution < -0.4 is 0 Å². The largest absolute Gasteiger partial charge is 0.183 e. The van der Waals surface area contributed by atoms with Crippen molar-refractivity contribution in [3.8, 4) is 0 Å². The molecule has 0 aliphatic carbocycles. The summed E-state index contributed by atoms with van der Waals surface area (Å²) >= 11 is 1.70. The van der Waals surface area contributed by atoms with Crippen LogP contribution in [0.4, 0.5) is 11.4 Å². The van der Waals surface area contributed by atoms with Crippen molar-refractivity contribution in [3.63, 3.8) is 0 Å². The van der Waals surface area contributed by atoms with Crippen LogP contribution in [0.15, 0.2) is 93.3 Å². The molecule has 0 bridgehead atoms. The molecular weight excluding hydrogens is 304 g/mol. The molecule has 0 amide bonds. The van der Waals surface area contributed by atoms with Crippen molar-refractivity contribution in [1.29, 1.82) is 0 Å². The summed E-state index contributed by atoms with van der Waals surface area (Å²) < 4.78 is 0. The van der Waals surface area contributed by atoms with Crippen LogP contribution in [-0.2, 0) is 13.1 Å². The molecule has 1 aromatic heterocycles. The molecule has 0 aliphatic rings. The van der Waals surface area contributed by atoms with Gasteiger partial charge in [-0.25, -0.2) is 0 Å². The summed E-state index contributed by atoms with van der Waals surface area (Å²) in [4.78, 5) is 2.35. The average molecular weight is 320 g/mol. The lowest BCUT2D eigenvalue weighted by molar-refractivity contribution is 0.978. The van der Waals surface area contributed by atoms with Gasteiger partial charge >= 0.3 is 0 Å². The lowest BCUT2D eigenvalue weighted by atomic mass is 10.3. The summed E-state index contributed by atoms with van der Waals surface area (Å²) in [6.45, 7) is 1.19. The third kappa shape index (κ3) is 4.93. The molecule has 0 saturated heterocycles. The van der Waals surface area contributed by atoms with E-state index in [1.807, 2.05) is 60.7 Å². The van der Waals surface area contributed by atoms with Crippen LogP contribution in [-0.4, -0.2) is 0 Å². The molecule has 0 aliphatic heterocycles. The van der Waals surface area contributed by atoms with E-state index < -0.39 is 0 Å². The van der Waals surface area contributed by atoms with E-state index in [1.54, 1.807) is 11.3 Å². The summed E-state index contributed by atoms with van der Waals surface area (Å²) in [5, 5.41) is 16.9. The molecular formula is C18H16N4S. The van der Waals surface area contributed by atoms with Gasteiger partial charge in [0.2, 0.25) is 0 Å². The summed E-state index contributed by atoms with van der Waals surface area (Å²) in [5.41, 5.74) is 1.75. The zero-order valence-corrected chi connectivity index (χ0v) is 13.4. The third-order valence-corrected chi connectivity index (χ3v) is 4.11. The second kappa shape index (κ2) is 8.10. The maximum atomic E-state index is 4.23. The third-order valence-electron chi connectivity index (χ3n) is 3.06. The molecule has 0 saturated carbocycles. The van der Waals surface area contributed by atoms with Crippen LogP contribution in [0.5, 0.6) is 0 Å². The molecule has 4 nitrogen and oxygen atoms in total. The monoisotopic (exact) mass is 320 g/mol. The molecule has 1 heterocycles. The number of nitrogens with zero attached hydrogens (tertiary/aromatic N) is 4. The Bertz CT molecular complexity index is 713. The number of thiophene rings is 1. The van der Waals surface area contributed by atoms with Crippen LogP contribution in [0.1, 0.15) is 9.75 Å². The minimum atomic E-state index is 0.593. The van der Waals surface area contributed by atoms with Gasteiger partial charge in [0.15, 0.2) is 0 Å². The van der Waals surface area contributed by atoms with Gasteiger partial charge in [0, 0.05) is 9.75 Å². The van der Waals surface area contributed by atoms with Gasteiger partial charge in [0.1, 0.15) is 0 Å². The van der Waals surface area contributed by atoms with Crippen LogP contribution in [0.25, 0.3) is 0 Å². The zero-order valence-electron chi connectivity index (χ0n) is 12.5. The second-order valence-electron chi connectivity index (χ2n) is 4.84. The maximum absolute atomic E-state index is 4.23. The molecule has 0 radical (unpaired) electrons. The highest BCUT2D eigenvalue weighted by Gasteiger charge is 1.99. The average Bonchev–Trinajstić information content (AvgIpc) is 3.05. The quantitative estimate of drug-likeness (QED) is 0.477. The molecule has 114 valence electrons. The Labute approximate surface area is 139 Å². The zero-order chi connectivity index (χ0) is 15.7. The molecule has 2 aromatic carbocycles. The second-order valence-corrected chi connectivity index (χ2v) is 6.09. The van der Waals surface area contributed by atoms with Gasteiger partial charge in [-0.05, 0) is 36.4 Å². The summed E-state index contributed by atoms with van der Waals surface area (Å²) in [7, 11) is 0. The first-order valence-electron chi connectivity index (χ1n) is 7.33. The highest BCUT2D eigenvalue weighted by atomic mass is 32.1.